The minimum absolute atomic E-state index is 0.174. The first-order valence-electron chi connectivity index (χ1n) is 9.58. The molecule has 2 N–H and O–H groups in total. The molecule has 0 spiro atoms. The molecule has 33 heavy (non-hydrogen) atoms. The number of aromatic nitrogens is 3. The number of hydrogen-bond acceptors (Lipinski definition) is 6. The molecule has 0 atom stereocenters. The maximum atomic E-state index is 15.1. The number of nitrogens with one attached hydrogen (secondary N) is 2. The van der Waals surface area contributed by atoms with Crippen molar-refractivity contribution in [1.82, 2.24) is 19.3 Å². The van der Waals surface area contributed by atoms with Crippen LogP contribution in [0, 0.1) is 17.1 Å². The van der Waals surface area contributed by atoms with Crippen molar-refractivity contribution < 1.29 is 17.6 Å². The molecule has 0 fully saturated rings. The Kier molecular flexibility index (Phi) is 5.63. The van der Waals surface area contributed by atoms with Gasteiger partial charge in [-0.05, 0) is 30.3 Å². The van der Waals surface area contributed by atoms with Crippen molar-refractivity contribution in [3.8, 4) is 17.2 Å². The first-order chi connectivity index (χ1) is 15.7. The van der Waals surface area contributed by atoms with E-state index in [1.54, 1.807) is 24.4 Å². The lowest BCUT2D eigenvalue weighted by Crippen LogP contribution is -2.29. The van der Waals surface area contributed by atoms with E-state index in [2.05, 4.69) is 19.7 Å². The summed E-state index contributed by atoms with van der Waals surface area (Å²) in [5.41, 5.74) is 1.58. The Labute approximate surface area is 188 Å². The molecular formula is C22H17FN6O3S. The molecule has 166 valence electrons. The van der Waals surface area contributed by atoms with Gasteiger partial charge in [0.25, 0.3) is 0 Å². The maximum Gasteiger partial charge on any atom is 0.301 e. The summed E-state index contributed by atoms with van der Waals surface area (Å²) in [6.45, 7) is 0. The zero-order chi connectivity index (χ0) is 23.8. The second kappa shape index (κ2) is 8.42. The number of anilines is 1. The Morgan fingerprint density at radius 1 is 1.12 bits per heavy atom. The SMILES string of the molecule is CN(C)S(=O)(=O)Nc1cccc(C(=O)c2c[nH]c3ncc(-c4ccc(C#N)nc4)cc23)c1F. The average molecular weight is 464 g/mol. The van der Waals surface area contributed by atoms with E-state index in [1.807, 2.05) is 6.07 Å². The summed E-state index contributed by atoms with van der Waals surface area (Å²) >= 11 is 0. The Hall–Kier alpha value is -4.14. The number of nitriles is 1. The molecule has 11 heteroatoms. The van der Waals surface area contributed by atoms with Gasteiger partial charge in [0.05, 0.1) is 11.3 Å². The third-order valence-electron chi connectivity index (χ3n) is 4.95. The number of aromatic amines is 1. The first-order valence-corrected chi connectivity index (χ1v) is 11.0. The van der Waals surface area contributed by atoms with Gasteiger partial charge < -0.3 is 4.98 Å². The highest BCUT2D eigenvalue weighted by Gasteiger charge is 2.23. The van der Waals surface area contributed by atoms with Crippen molar-refractivity contribution in [3.63, 3.8) is 0 Å². The van der Waals surface area contributed by atoms with Gasteiger partial charge in [-0.2, -0.15) is 18.0 Å². The van der Waals surface area contributed by atoms with E-state index in [1.165, 1.54) is 44.7 Å². The molecule has 4 rings (SSSR count). The van der Waals surface area contributed by atoms with E-state index in [0.29, 0.717) is 22.2 Å². The van der Waals surface area contributed by atoms with Gasteiger partial charge in [0.15, 0.2) is 11.6 Å². The number of H-pyrrole nitrogens is 1. The molecule has 0 unspecified atom stereocenters. The van der Waals surface area contributed by atoms with E-state index >= 15 is 4.39 Å². The number of halogens is 1. The van der Waals surface area contributed by atoms with Crippen LogP contribution in [0.4, 0.5) is 10.1 Å². The number of fused-ring (bicyclic) bond motifs is 1. The normalized spacial score (nSPS) is 11.5. The van der Waals surface area contributed by atoms with Gasteiger partial charge >= 0.3 is 10.2 Å². The highest BCUT2D eigenvalue weighted by molar-refractivity contribution is 7.90. The fourth-order valence-corrected chi connectivity index (χ4v) is 3.76. The summed E-state index contributed by atoms with van der Waals surface area (Å²) < 4.78 is 42.3. The zero-order valence-electron chi connectivity index (χ0n) is 17.5. The molecule has 3 aromatic heterocycles. The van der Waals surface area contributed by atoms with Crippen LogP contribution in [0.1, 0.15) is 21.6 Å². The molecule has 0 saturated heterocycles. The van der Waals surface area contributed by atoms with Gasteiger partial charge in [-0.25, -0.2) is 14.4 Å². The minimum atomic E-state index is -3.96. The minimum Gasteiger partial charge on any atom is -0.345 e. The van der Waals surface area contributed by atoms with E-state index in [-0.39, 0.29) is 22.5 Å². The molecule has 0 aliphatic heterocycles. The number of pyridine rings is 2. The van der Waals surface area contributed by atoms with Crippen LogP contribution in [-0.2, 0) is 10.2 Å². The lowest BCUT2D eigenvalue weighted by Gasteiger charge is -2.14. The summed E-state index contributed by atoms with van der Waals surface area (Å²) in [6.07, 6.45) is 4.54. The van der Waals surface area contributed by atoms with Crippen LogP contribution < -0.4 is 4.72 Å². The first kappa shape index (κ1) is 22.1. The van der Waals surface area contributed by atoms with Gasteiger partial charge in [0.1, 0.15) is 17.4 Å². The topological polar surface area (TPSA) is 132 Å². The fraction of sp³-hybridized carbons (Fsp3) is 0.0909. The van der Waals surface area contributed by atoms with Gasteiger partial charge in [0, 0.05) is 54.8 Å². The van der Waals surface area contributed by atoms with Crippen molar-refractivity contribution in [2.45, 2.75) is 0 Å². The van der Waals surface area contributed by atoms with Crippen LogP contribution in [0.15, 0.2) is 55.0 Å². The van der Waals surface area contributed by atoms with Crippen LogP contribution in [0.25, 0.3) is 22.2 Å². The fourth-order valence-electron chi connectivity index (χ4n) is 3.14. The molecule has 9 nitrogen and oxygen atoms in total. The highest BCUT2D eigenvalue weighted by atomic mass is 32.2. The molecule has 0 saturated carbocycles. The Bertz CT molecular complexity index is 1520. The zero-order valence-corrected chi connectivity index (χ0v) is 18.3. The number of carbonyl (C=O) groups is 1. The van der Waals surface area contributed by atoms with Crippen LogP contribution >= 0.6 is 0 Å². The third kappa shape index (κ3) is 4.17. The standard InChI is InChI=1S/C22H17FN6O3S/c1-29(2)33(31,32)28-19-5-3-4-16(20(19)23)21(30)18-12-27-22-17(18)8-14(11-26-22)13-6-7-15(9-24)25-10-13/h3-8,10-12,28H,1-2H3,(H,26,27). The summed E-state index contributed by atoms with van der Waals surface area (Å²) in [4.78, 5) is 24.4. The van der Waals surface area contributed by atoms with Gasteiger partial charge in [0.2, 0.25) is 0 Å². The van der Waals surface area contributed by atoms with Crippen molar-refractivity contribution in [1.29, 1.82) is 5.26 Å². The second-order valence-corrected chi connectivity index (χ2v) is 9.14. The van der Waals surface area contributed by atoms with Crippen LogP contribution in [-0.4, -0.2) is 47.6 Å². The molecule has 0 bridgehead atoms. The summed E-state index contributed by atoms with van der Waals surface area (Å²) in [7, 11) is -1.35. The summed E-state index contributed by atoms with van der Waals surface area (Å²) in [5.74, 6) is -1.62. The smallest absolute Gasteiger partial charge is 0.301 e. The van der Waals surface area contributed by atoms with E-state index < -0.39 is 21.8 Å². The van der Waals surface area contributed by atoms with Gasteiger partial charge in [-0.15, -0.1) is 0 Å². The average Bonchev–Trinajstić information content (AvgIpc) is 3.23. The van der Waals surface area contributed by atoms with E-state index in [4.69, 9.17) is 5.26 Å². The lowest BCUT2D eigenvalue weighted by molar-refractivity contribution is 0.103. The highest BCUT2D eigenvalue weighted by Crippen LogP contribution is 2.28. The summed E-state index contributed by atoms with van der Waals surface area (Å²) in [5, 5.41) is 9.37. The van der Waals surface area contributed by atoms with E-state index in [0.717, 1.165) is 4.31 Å². The molecule has 0 radical (unpaired) electrons. The number of rotatable bonds is 6. The largest absolute Gasteiger partial charge is 0.345 e. The predicted octanol–water partition coefficient (Wildman–Crippen LogP) is 3.08. The Balaban J connectivity index is 1.74. The quantitative estimate of drug-likeness (QED) is 0.422. The van der Waals surface area contributed by atoms with E-state index in [9.17, 15) is 13.2 Å². The lowest BCUT2D eigenvalue weighted by atomic mass is 10.0. The van der Waals surface area contributed by atoms with Crippen LogP contribution in [0.5, 0.6) is 0 Å². The number of nitrogens with zero attached hydrogens (tertiary/aromatic N) is 4. The monoisotopic (exact) mass is 464 g/mol. The third-order valence-corrected chi connectivity index (χ3v) is 6.39. The van der Waals surface area contributed by atoms with Crippen LogP contribution in [0.2, 0.25) is 0 Å². The maximum absolute atomic E-state index is 15.1. The van der Waals surface area contributed by atoms with Gasteiger partial charge in [-0.1, -0.05) is 6.07 Å². The summed E-state index contributed by atoms with van der Waals surface area (Å²) in [6, 6.07) is 10.9. The molecule has 0 aliphatic carbocycles. The van der Waals surface area contributed by atoms with Crippen molar-refractivity contribution >= 4 is 32.7 Å². The van der Waals surface area contributed by atoms with Crippen molar-refractivity contribution in [3.05, 3.63) is 77.6 Å². The molecule has 0 amide bonds. The second-order valence-electron chi connectivity index (χ2n) is 7.25. The number of hydrogen-bond donors (Lipinski definition) is 2. The Morgan fingerprint density at radius 2 is 1.88 bits per heavy atom. The molecular weight excluding hydrogens is 447 g/mol. The number of benzene rings is 1. The molecule has 3 heterocycles. The number of ketones is 1. The van der Waals surface area contributed by atoms with Crippen molar-refractivity contribution in [2.75, 3.05) is 18.8 Å². The predicted molar refractivity (Wildman–Crippen MR) is 120 cm³/mol. The molecule has 0 aliphatic rings. The van der Waals surface area contributed by atoms with Crippen LogP contribution in [0.3, 0.4) is 0 Å². The molecule has 1 aromatic carbocycles. The molecule has 4 aromatic rings. The van der Waals surface area contributed by atoms with Gasteiger partial charge in [-0.3, -0.25) is 9.52 Å². The van der Waals surface area contributed by atoms with Crippen molar-refractivity contribution in [2.24, 2.45) is 0 Å². The number of carbonyl (C=O) groups excluding carboxylic acids is 1. The Morgan fingerprint density at radius 3 is 2.55 bits per heavy atom.